The molecule has 0 aliphatic heterocycles. The first kappa shape index (κ1) is 13.3. The van der Waals surface area contributed by atoms with Crippen LogP contribution in [-0.4, -0.2) is 38.5 Å². The van der Waals surface area contributed by atoms with Crippen molar-refractivity contribution in [2.24, 2.45) is 0 Å². The Morgan fingerprint density at radius 2 is 1.76 bits per heavy atom. The summed E-state index contributed by atoms with van der Waals surface area (Å²) in [4.78, 5) is 0. The molecule has 17 heavy (non-hydrogen) atoms. The zero-order valence-electron chi connectivity index (χ0n) is 11.1. The van der Waals surface area contributed by atoms with Crippen molar-refractivity contribution in [3.05, 3.63) is 0 Å². The van der Waals surface area contributed by atoms with E-state index in [0.717, 1.165) is 13.2 Å². The second kappa shape index (κ2) is 7.34. The lowest BCUT2D eigenvalue weighted by molar-refractivity contribution is 0.0454. The van der Waals surface area contributed by atoms with E-state index < -0.39 is 0 Å². The van der Waals surface area contributed by atoms with E-state index in [4.69, 9.17) is 9.47 Å². The Morgan fingerprint density at radius 3 is 2.53 bits per heavy atom. The Kier molecular flexibility index (Phi) is 5.75. The van der Waals surface area contributed by atoms with Crippen LogP contribution in [0.2, 0.25) is 0 Å². The lowest BCUT2D eigenvalue weighted by atomic mass is 9.93. The van der Waals surface area contributed by atoms with E-state index in [1.807, 2.05) is 7.11 Å². The van der Waals surface area contributed by atoms with Gasteiger partial charge in [0.15, 0.2) is 0 Å². The molecule has 2 atom stereocenters. The second-order valence-corrected chi connectivity index (χ2v) is 5.45. The van der Waals surface area contributed by atoms with E-state index in [1.54, 1.807) is 0 Å². The molecule has 0 saturated heterocycles. The first-order valence-corrected chi connectivity index (χ1v) is 7.26. The maximum atomic E-state index is 5.85. The molecule has 0 bridgehead atoms. The fourth-order valence-corrected chi connectivity index (χ4v) is 3.09. The molecule has 0 aromatic carbocycles. The number of rotatable bonds is 6. The van der Waals surface area contributed by atoms with E-state index in [9.17, 15) is 0 Å². The van der Waals surface area contributed by atoms with Crippen molar-refractivity contribution < 1.29 is 9.47 Å². The van der Waals surface area contributed by atoms with E-state index in [1.165, 1.54) is 51.4 Å². The van der Waals surface area contributed by atoms with Gasteiger partial charge in [0.25, 0.3) is 0 Å². The summed E-state index contributed by atoms with van der Waals surface area (Å²) in [6.07, 6.45) is 11.3. The normalized spacial score (nSPS) is 30.9. The van der Waals surface area contributed by atoms with Crippen LogP contribution in [0.4, 0.5) is 0 Å². The number of hydrogen-bond acceptors (Lipinski definition) is 3. The lowest BCUT2D eigenvalue weighted by Gasteiger charge is -2.29. The first-order chi connectivity index (χ1) is 8.38. The van der Waals surface area contributed by atoms with Crippen LogP contribution in [0, 0.1) is 0 Å². The summed E-state index contributed by atoms with van der Waals surface area (Å²) in [5.41, 5.74) is 0. The van der Waals surface area contributed by atoms with E-state index in [2.05, 4.69) is 5.32 Å². The van der Waals surface area contributed by atoms with Crippen LogP contribution in [0.15, 0.2) is 0 Å². The molecule has 2 aliphatic rings. The van der Waals surface area contributed by atoms with E-state index >= 15 is 0 Å². The smallest absolute Gasteiger partial charge is 0.0594 e. The summed E-state index contributed by atoms with van der Waals surface area (Å²) in [7, 11) is 1.83. The molecule has 3 nitrogen and oxygen atoms in total. The predicted octanol–water partition coefficient (Wildman–Crippen LogP) is 2.49. The minimum atomic E-state index is 0.469. The van der Waals surface area contributed by atoms with Crippen LogP contribution in [0.3, 0.4) is 0 Å². The molecule has 2 rings (SSSR count). The average Bonchev–Trinajstić information content (AvgIpc) is 2.88. The summed E-state index contributed by atoms with van der Waals surface area (Å²) in [5.74, 6) is 0. The molecule has 0 heterocycles. The number of ether oxygens (including phenoxy) is 2. The lowest BCUT2D eigenvalue weighted by Crippen LogP contribution is -2.38. The monoisotopic (exact) mass is 241 g/mol. The van der Waals surface area contributed by atoms with Gasteiger partial charge in [-0.05, 0) is 38.5 Å². The van der Waals surface area contributed by atoms with E-state index in [-0.39, 0.29) is 0 Å². The Morgan fingerprint density at radius 1 is 1.00 bits per heavy atom. The molecule has 0 amide bonds. The van der Waals surface area contributed by atoms with Crippen molar-refractivity contribution in [3.8, 4) is 0 Å². The molecule has 2 aliphatic carbocycles. The third kappa shape index (κ3) is 4.57. The highest BCUT2D eigenvalue weighted by atomic mass is 16.5. The van der Waals surface area contributed by atoms with Crippen LogP contribution in [0.1, 0.15) is 51.4 Å². The van der Waals surface area contributed by atoms with Crippen molar-refractivity contribution in [1.82, 2.24) is 5.32 Å². The summed E-state index contributed by atoms with van der Waals surface area (Å²) in [6.45, 7) is 1.87. The van der Waals surface area contributed by atoms with Crippen LogP contribution in [0.25, 0.3) is 0 Å². The third-order valence-electron chi connectivity index (χ3n) is 4.15. The van der Waals surface area contributed by atoms with Gasteiger partial charge in [-0.15, -0.1) is 0 Å². The molecule has 0 aromatic rings. The second-order valence-electron chi connectivity index (χ2n) is 5.45. The quantitative estimate of drug-likeness (QED) is 0.725. The molecule has 2 unspecified atom stereocenters. The van der Waals surface area contributed by atoms with Crippen molar-refractivity contribution in [2.45, 2.75) is 69.6 Å². The summed E-state index contributed by atoms with van der Waals surface area (Å²) in [5, 5.41) is 3.60. The highest BCUT2D eigenvalue weighted by Crippen LogP contribution is 2.21. The molecular formula is C14H27NO2. The van der Waals surface area contributed by atoms with Crippen molar-refractivity contribution >= 4 is 0 Å². The minimum absolute atomic E-state index is 0.469. The summed E-state index contributed by atoms with van der Waals surface area (Å²) in [6, 6.07) is 0.640. The SMILES string of the molecule is COC1CCCC(NCCOC2CCCC2)C1. The third-order valence-corrected chi connectivity index (χ3v) is 4.15. The van der Waals surface area contributed by atoms with Crippen LogP contribution in [-0.2, 0) is 9.47 Å². The van der Waals surface area contributed by atoms with Crippen LogP contribution in [0.5, 0.6) is 0 Å². The van der Waals surface area contributed by atoms with Gasteiger partial charge in [0, 0.05) is 19.7 Å². The van der Waals surface area contributed by atoms with Gasteiger partial charge in [-0.1, -0.05) is 12.8 Å². The summed E-state index contributed by atoms with van der Waals surface area (Å²) >= 11 is 0. The van der Waals surface area contributed by atoms with Gasteiger partial charge in [0.1, 0.15) is 0 Å². The molecular weight excluding hydrogens is 214 g/mol. The fraction of sp³-hybridized carbons (Fsp3) is 1.00. The molecule has 100 valence electrons. The fourth-order valence-electron chi connectivity index (χ4n) is 3.09. The molecule has 0 aromatic heterocycles. The Hall–Kier alpha value is -0.120. The van der Waals surface area contributed by atoms with Gasteiger partial charge < -0.3 is 14.8 Å². The molecule has 3 heteroatoms. The van der Waals surface area contributed by atoms with Gasteiger partial charge in [0.2, 0.25) is 0 Å². The van der Waals surface area contributed by atoms with E-state index in [0.29, 0.717) is 18.2 Å². The number of methoxy groups -OCH3 is 1. The highest BCUT2D eigenvalue weighted by Gasteiger charge is 2.21. The predicted molar refractivity (Wildman–Crippen MR) is 69.3 cm³/mol. The van der Waals surface area contributed by atoms with Crippen LogP contribution < -0.4 is 5.32 Å². The Labute approximate surface area is 105 Å². The molecule has 1 N–H and O–H groups in total. The van der Waals surface area contributed by atoms with Crippen molar-refractivity contribution in [1.29, 1.82) is 0 Å². The highest BCUT2D eigenvalue weighted by molar-refractivity contribution is 4.78. The van der Waals surface area contributed by atoms with Gasteiger partial charge in [0.05, 0.1) is 18.8 Å². The Bertz CT molecular complexity index is 204. The maximum absolute atomic E-state index is 5.85. The first-order valence-electron chi connectivity index (χ1n) is 7.26. The van der Waals surface area contributed by atoms with Gasteiger partial charge in [-0.25, -0.2) is 0 Å². The molecule has 0 radical (unpaired) electrons. The molecule has 2 fully saturated rings. The maximum Gasteiger partial charge on any atom is 0.0594 e. The summed E-state index contributed by atoms with van der Waals surface area (Å²) < 4.78 is 11.3. The number of hydrogen-bond donors (Lipinski definition) is 1. The minimum Gasteiger partial charge on any atom is -0.381 e. The average molecular weight is 241 g/mol. The number of nitrogens with one attached hydrogen (secondary N) is 1. The van der Waals surface area contributed by atoms with Gasteiger partial charge in [-0.2, -0.15) is 0 Å². The zero-order chi connectivity index (χ0) is 11.9. The van der Waals surface area contributed by atoms with Gasteiger partial charge in [-0.3, -0.25) is 0 Å². The van der Waals surface area contributed by atoms with Crippen molar-refractivity contribution in [3.63, 3.8) is 0 Å². The van der Waals surface area contributed by atoms with Crippen molar-refractivity contribution in [2.75, 3.05) is 20.3 Å². The standard InChI is InChI=1S/C14H27NO2/c1-16-14-8-4-5-12(11-14)15-9-10-17-13-6-2-3-7-13/h12-15H,2-11H2,1H3. The van der Waals surface area contributed by atoms with Gasteiger partial charge >= 0.3 is 0 Å². The Balaban J connectivity index is 1.52. The molecule has 2 saturated carbocycles. The zero-order valence-corrected chi connectivity index (χ0v) is 11.1. The van der Waals surface area contributed by atoms with Crippen LogP contribution >= 0.6 is 0 Å². The largest absolute Gasteiger partial charge is 0.381 e. The topological polar surface area (TPSA) is 30.5 Å². The molecule has 0 spiro atoms.